The molecule has 1 amide bonds. The summed E-state index contributed by atoms with van der Waals surface area (Å²) in [5.41, 5.74) is 2.24. The minimum Gasteiger partial charge on any atom is -0.379 e. The number of thiazole rings is 1. The van der Waals surface area contributed by atoms with Gasteiger partial charge in [0, 0.05) is 31.2 Å². The smallest absolute Gasteiger partial charge is 0.261 e. The van der Waals surface area contributed by atoms with E-state index in [1.54, 1.807) is 23.1 Å². The van der Waals surface area contributed by atoms with Crippen molar-refractivity contribution in [2.45, 2.75) is 13.3 Å². The van der Waals surface area contributed by atoms with E-state index >= 15 is 0 Å². The third kappa shape index (κ3) is 5.16. The topological polar surface area (TPSA) is 45.7 Å². The molecule has 0 saturated carbocycles. The minimum absolute atomic E-state index is 0.198. The summed E-state index contributed by atoms with van der Waals surface area (Å²) in [6.07, 6.45) is 0.805. The Labute approximate surface area is 200 Å². The molecule has 2 aromatic carbocycles. The summed E-state index contributed by atoms with van der Waals surface area (Å²) >= 11 is 20.2. The maximum absolute atomic E-state index is 13.5. The Morgan fingerprint density at radius 2 is 1.94 bits per heavy atom. The number of anilines is 1. The molecule has 0 aliphatic carbocycles. The number of fused-ring (bicyclic) bond motifs is 1. The Balaban J connectivity index is 1.64. The van der Waals surface area contributed by atoms with Crippen molar-refractivity contribution in [1.29, 1.82) is 0 Å². The van der Waals surface area contributed by atoms with Crippen molar-refractivity contribution in [1.82, 2.24) is 9.88 Å². The molecule has 0 bridgehead atoms. The van der Waals surface area contributed by atoms with Gasteiger partial charge in [-0.15, -0.1) is 0 Å². The molecule has 9 heteroatoms. The van der Waals surface area contributed by atoms with E-state index in [2.05, 4.69) is 4.90 Å². The molecule has 164 valence electrons. The summed E-state index contributed by atoms with van der Waals surface area (Å²) in [5.74, 6) is -0.198. The number of rotatable bonds is 6. The first-order chi connectivity index (χ1) is 14.9. The maximum Gasteiger partial charge on any atom is 0.261 e. The van der Waals surface area contributed by atoms with Crippen molar-refractivity contribution < 1.29 is 9.53 Å². The molecular formula is C22H22Cl3N3O2S. The van der Waals surface area contributed by atoms with Crippen molar-refractivity contribution in [2.24, 2.45) is 0 Å². The van der Waals surface area contributed by atoms with Gasteiger partial charge in [0.25, 0.3) is 5.91 Å². The van der Waals surface area contributed by atoms with Crippen LogP contribution >= 0.6 is 46.1 Å². The van der Waals surface area contributed by atoms with Crippen LogP contribution in [0.3, 0.4) is 0 Å². The predicted molar refractivity (Wildman–Crippen MR) is 129 cm³/mol. The normalized spacial score (nSPS) is 14.8. The van der Waals surface area contributed by atoms with E-state index in [1.165, 1.54) is 11.3 Å². The van der Waals surface area contributed by atoms with Crippen LogP contribution in [0.1, 0.15) is 22.3 Å². The molecule has 1 aliphatic heterocycles. The van der Waals surface area contributed by atoms with Crippen LogP contribution in [0.4, 0.5) is 5.13 Å². The number of hydrogen-bond acceptors (Lipinski definition) is 5. The van der Waals surface area contributed by atoms with Gasteiger partial charge < -0.3 is 4.74 Å². The second-order valence-corrected chi connectivity index (χ2v) is 9.66. The van der Waals surface area contributed by atoms with Gasteiger partial charge in [0.2, 0.25) is 0 Å². The fourth-order valence-corrected chi connectivity index (χ4v) is 5.41. The molecule has 0 spiro atoms. The number of carbonyl (C=O) groups excluding carboxylic acids is 1. The molecule has 31 heavy (non-hydrogen) atoms. The van der Waals surface area contributed by atoms with Crippen LogP contribution in [0, 0.1) is 6.92 Å². The van der Waals surface area contributed by atoms with Gasteiger partial charge in [0.15, 0.2) is 5.13 Å². The van der Waals surface area contributed by atoms with Gasteiger partial charge in [-0.25, -0.2) is 4.98 Å². The van der Waals surface area contributed by atoms with Crippen molar-refractivity contribution in [3.63, 3.8) is 0 Å². The Hall–Kier alpha value is -1.41. The lowest BCUT2D eigenvalue weighted by Gasteiger charge is -2.27. The van der Waals surface area contributed by atoms with Crippen LogP contribution in [-0.4, -0.2) is 55.2 Å². The van der Waals surface area contributed by atoms with Crippen LogP contribution < -0.4 is 4.90 Å². The molecule has 5 nitrogen and oxygen atoms in total. The summed E-state index contributed by atoms with van der Waals surface area (Å²) < 4.78 is 6.30. The Kier molecular flexibility index (Phi) is 7.37. The van der Waals surface area contributed by atoms with Gasteiger partial charge in [-0.3, -0.25) is 14.6 Å². The third-order valence-electron chi connectivity index (χ3n) is 5.28. The molecular weight excluding hydrogens is 477 g/mol. The highest BCUT2D eigenvalue weighted by atomic mass is 35.5. The number of ether oxygens (including phenoxy) is 1. The highest BCUT2D eigenvalue weighted by Gasteiger charge is 2.24. The van der Waals surface area contributed by atoms with Gasteiger partial charge in [-0.05, 0) is 43.2 Å². The van der Waals surface area contributed by atoms with Crippen molar-refractivity contribution in [3.05, 3.63) is 56.5 Å². The van der Waals surface area contributed by atoms with Crippen LogP contribution in [0.25, 0.3) is 10.2 Å². The van der Waals surface area contributed by atoms with E-state index in [-0.39, 0.29) is 5.91 Å². The molecule has 2 heterocycles. The molecule has 0 unspecified atom stereocenters. The first-order valence-corrected chi connectivity index (χ1v) is 12.0. The zero-order chi connectivity index (χ0) is 22.0. The van der Waals surface area contributed by atoms with E-state index in [0.29, 0.717) is 32.3 Å². The lowest BCUT2D eigenvalue weighted by Crippen LogP contribution is -2.39. The number of amides is 1. The third-order valence-corrected chi connectivity index (χ3v) is 7.37. The number of carbonyl (C=O) groups is 1. The summed E-state index contributed by atoms with van der Waals surface area (Å²) in [4.78, 5) is 22.3. The largest absolute Gasteiger partial charge is 0.379 e. The van der Waals surface area contributed by atoms with Gasteiger partial charge >= 0.3 is 0 Å². The molecule has 3 aromatic rings. The van der Waals surface area contributed by atoms with Gasteiger partial charge in [0.1, 0.15) is 0 Å². The van der Waals surface area contributed by atoms with Crippen LogP contribution in [0.5, 0.6) is 0 Å². The average Bonchev–Trinajstić information content (AvgIpc) is 3.21. The van der Waals surface area contributed by atoms with E-state index in [9.17, 15) is 4.79 Å². The summed E-state index contributed by atoms with van der Waals surface area (Å²) in [5, 5.41) is 2.06. The van der Waals surface area contributed by atoms with E-state index in [4.69, 9.17) is 44.5 Å². The van der Waals surface area contributed by atoms with Crippen LogP contribution in [-0.2, 0) is 4.74 Å². The molecule has 0 atom stereocenters. The molecule has 1 saturated heterocycles. The molecule has 4 rings (SSSR count). The fourth-order valence-electron chi connectivity index (χ4n) is 3.58. The van der Waals surface area contributed by atoms with Crippen LogP contribution in [0.15, 0.2) is 30.3 Å². The standard InChI is InChI=1S/C22H22Cl3N3O2S/c1-14-3-6-17(24)20-19(14)26-22(31-20)28(8-2-7-27-9-11-30-12-10-27)21(29)16-5-4-15(23)13-18(16)25/h3-6,13H,2,7-12H2,1H3. The number of nitrogens with zero attached hydrogens (tertiary/aromatic N) is 3. The number of halogens is 3. The second-order valence-electron chi connectivity index (χ2n) is 7.43. The first kappa shape index (κ1) is 22.8. The number of hydrogen-bond donors (Lipinski definition) is 0. The summed E-state index contributed by atoms with van der Waals surface area (Å²) in [7, 11) is 0. The van der Waals surface area contributed by atoms with Crippen molar-refractivity contribution in [2.75, 3.05) is 44.3 Å². The quantitative estimate of drug-likeness (QED) is 0.422. The number of benzene rings is 2. The minimum atomic E-state index is -0.198. The van der Waals surface area contributed by atoms with Gasteiger partial charge in [-0.2, -0.15) is 0 Å². The Bertz CT molecular complexity index is 1060. The summed E-state index contributed by atoms with van der Waals surface area (Å²) in [6, 6.07) is 8.72. The zero-order valence-corrected chi connectivity index (χ0v) is 20.1. The monoisotopic (exact) mass is 497 g/mol. The highest BCUT2D eigenvalue weighted by molar-refractivity contribution is 7.23. The number of morpholine rings is 1. The number of aromatic nitrogens is 1. The van der Waals surface area contributed by atoms with E-state index in [1.807, 2.05) is 19.1 Å². The predicted octanol–water partition coefficient (Wildman–Crippen LogP) is 5.93. The SMILES string of the molecule is Cc1ccc(Cl)c2sc(N(CCCN3CCOCC3)C(=O)c3ccc(Cl)cc3Cl)nc12. The van der Waals surface area contributed by atoms with E-state index < -0.39 is 0 Å². The molecule has 1 aromatic heterocycles. The van der Waals surface area contributed by atoms with E-state index in [0.717, 1.165) is 55.0 Å². The average molecular weight is 499 g/mol. The number of aryl methyl sites for hydroxylation is 1. The molecule has 0 N–H and O–H groups in total. The second kappa shape index (κ2) is 10.0. The maximum atomic E-state index is 13.5. The Morgan fingerprint density at radius 1 is 1.16 bits per heavy atom. The van der Waals surface area contributed by atoms with Gasteiger partial charge in [0.05, 0.1) is 39.0 Å². The summed E-state index contributed by atoms with van der Waals surface area (Å²) in [6.45, 7) is 6.71. The fraction of sp³-hybridized carbons (Fsp3) is 0.364. The Morgan fingerprint density at radius 3 is 2.65 bits per heavy atom. The van der Waals surface area contributed by atoms with Gasteiger partial charge in [-0.1, -0.05) is 52.2 Å². The first-order valence-electron chi connectivity index (χ1n) is 10.1. The van der Waals surface area contributed by atoms with Crippen LogP contribution in [0.2, 0.25) is 15.1 Å². The van der Waals surface area contributed by atoms with Crippen molar-refractivity contribution >= 4 is 67.4 Å². The molecule has 1 aliphatic rings. The molecule has 0 radical (unpaired) electrons. The lowest BCUT2D eigenvalue weighted by atomic mass is 10.2. The lowest BCUT2D eigenvalue weighted by molar-refractivity contribution is 0.0376. The van der Waals surface area contributed by atoms with Crippen molar-refractivity contribution in [3.8, 4) is 0 Å². The molecule has 1 fully saturated rings. The zero-order valence-electron chi connectivity index (χ0n) is 17.0. The highest BCUT2D eigenvalue weighted by Crippen LogP contribution is 2.36.